The average Bonchev–Trinajstić information content (AvgIpc) is 2.59. The highest BCUT2D eigenvalue weighted by Gasteiger charge is 2.24. The number of rotatable bonds is 4. The predicted octanol–water partition coefficient (Wildman–Crippen LogP) is 2.28. The van der Waals surface area contributed by atoms with Crippen molar-refractivity contribution >= 4 is 12.4 Å². The van der Waals surface area contributed by atoms with Crippen LogP contribution in [0.4, 0.5) is 4.79 Å². The number of aldehydes is 1. The predicted molar refractivity (Wildman–Crippen MR) is 75.5 cm³/mol. The van der Waals surface area contributed by atoms with Crippen LogP contribution in [-0.2, 0) is 16.1 Å². The molecule has 0 bridgehead atoms. The number of aryl methyl sites for hydroxylation is 2. The van der Waals surface area contributed by atoms with E-state index in [1.54, 1.807) is 25.5 Å². The van der Waals surface area contributed by atoms with Crippen LogP contribution in [0.5, 0.6) is 0 Å². The van der Waals surface area contributed by atoms with E-state index in [-0.39, 0.29) is 0 Å². The molecule has 0 aliphatic rings. The number of alkyl carbamates (subject to hydrolysis) is 1. The maximum atomic E-state index is 11.8. The molecule has 0 aliphatic heterocycles. The molecule has 1 heterocycles. The lowest BCUT2D eigenvalue weighted by molar-refractivity contribution is -0.109. The maximum Gasteiger partial charge on any atom is 0.408 e. The molecule has 1 aromatic heterocycles. The minimum Gasteiger partial charge on any atom is -0.444 e. The van der Waals surface area contributed by atoms with E-state index in [9.17, 15) is 9.59 Å². The van der Waals surface area contributed by atoms with Crippen molar-refractivity contribution in [3.63, 3.8) is 0 Å². The summed E-state index contributed by atoms with van der Waals surface area (Å²) in [4.78, 5) is 23.1. The molecular formula is C14H23N3O3. The molecule has 112 valence electrons. The zero-order chi connectivity index (χ0) is 15.5. The van der Waals surface area contributed by atoms with Crippen molar-refractivity contribution in [1.82, 2.24) is 15.1 Å². The zero-order valence-electron chi connectivity index (χ0n) is 13.0. The Morgan fingerprint density at radius 3 is 2.45 bits per heavy atom. The van der Waals surface area contributed by atoms with E-state index in [0.717, 1.165) is 17.0 Å². The van der Waals surface area contributed by atoms with Crippen LogP contribution < -0.4 is 5.32 Å². The summed E-state index contributed by atoms with van der Waals surface area (Å²) < 4.78 is 6.97. The molecule has 0 saturated carbocycles. The average molecular weight is 281 g/mol. The molecule has 1 amide bonds. The Morgan fingerprint density at radius 2 is 2.05 bits per heavy atom. The van der Waals surface area contributed by atoms with Crippen molar-refractivity contribution in [2.45, 2.75) is 59.7 Å². The Balaban J connectivity index is 2.95. The number of carbonyl (C=O) groups excluding carboxylic acids is 2. The number of ether oxygens (including phenoxy) is 1. The van der Waals surface area contributed by atoms with Crippen LogP contribution in [0.3, 0.4) is 0 Å². The second kappa shape index (κ2) is 6.07. The molecular weight excluding hydrogens is 258 g/mol. The molecule has 6 nitrogen and oxygen atoms in total. The first-order chi connectivity index (χ1) is 9.19. The molecule has 1 N–H and O–H groups in total. The highest BCUT2D eigenvalue weighted by molar-refractivity contribution is 5.75. The highest BCUT2D eigenvalue weighted by atomic mass is 16.6. The molecule has 0 spiro atoms. The van der Waals surface area contributed by atoms with Crippen molar-refractivity contribution in [3.05, 3.63) is 17.0 Å². The molecule has 6 heteroatoms. The third-order valence-electron chi connectivity index (χ3n) is 2.86. The fourth-order valence-corrected chi connectivity index (χ4v) is 2.08. The molecule has 1 aromatic rings. The van der Waals surface area contributed by atoms with Crippen LogP contribution in [0.2, 0.25) is 0 Å². The number of carbonyl (C=O) groups is 2. The van der Waals surface area contributed by atoms with Gasteiger partial charge in [0.15, 0.2) is 0 Å². The number of amides is 1. The molecule has 1 rings (SSSR count). The zero-order valence-corrected chi connectivity index (χ0v) is 13.0. The normalized spacial score (nSPS) is 12.9. The van der Waals surface area contributed by atoms with Gasteiger partial charge in [-0.2, -0.15) is 5.10 Å². The van der Waals surface area contributed by atoms with Gasteiger partial charge < -0.3 is 14.8 Å². The fourth-order valence-electron chi connectivity index (χ4n) is 2.08. The lowest BCUT2D eigenvalue weighted by atomic mass is 10.1. The van der Waals surface area contributed by atoms with Crippen molar-refractivity contribution < 1.29 is 14.3 Å². The second-order valence-corrected chi connectivity index (χ2v) is 5.66. The summed E-state index contributed by atoms with van der Waals surface area (Å²) in [7, 11) is 0. The van der Waals surface area contributed by atoms with Crippen LogP contribution in [0.1, 0.15) is 50.7 Å². The Labute approximate surface area is 119 Å². The van der Waals surface area contributed by atoms with Gasteiger partial charge in [-0.15, -0.1) is 0 Å². The lowest BCUT2D eigenvalue weighted by Crippen LogP contribution is -2.35. The largest absolute Gasteiger partial charge is 0.444 e. The van der Waals surface area contributed by atoms with Crippen molar-refractivity contribution in [3.8, 4) is 0 Å². The number of hydrogen-bond donors (Lipinski definition) is 1. The van der Waals surface area contributed by atoms with Gasteiger partial charge in [0.05, 0.1) is 5.69 Å². The monoisotopic (exact) mass is 281 g/mol. The molecule has 0 aromatic carbocycles. The van der Waals surface area contributed by atoms with Crippen LogP contribution in [0, 0.1) is 13.8 Å². The van der Waals surface area contributed by atoms with Gasteiger partial charge in [-0.25, -0.2) is 4.79 Å². The summed E-state index contributed by atoms with van der Waals surface area (Å²) in [5.41, 5.74) is 1.73. The summed E-state index contributed by atoms with van der Waals surface area (Å²) >= 11 is 0. The second-order valence-electron chi connectivity index (χ2n) is 5.66. The highest BCUT2D eigenvalue weighted by Crippen LogP contribution is 2.21. The Morgan fingerprint density at radius 1 is 1.45 bits per heavy atom. The third-order valence-corrected chi connectivity index (χ3v) is 2.86. The Kier molecular flexibility index (Phi) is 4.92. The van der Waals surface area contributed by atoms with E-state index in [4.69, 9.17) is 4.74 Å². The van der Waals surface area contributed by atoms with Gasteiger partial charge in [0.25, 0.3) is 0 Å². The van der Waals surface area contributed by atoms with Crippen LogP contribution in [-0.4, -0.2) is 27.8 Å². The SMILES string of the molecule is CCn1nc(C)c(C(C=O)NC(=O)OC(C)(C)C)c1C. The first kappa shape index (κ1) is 16.2. The van der Waals surface area contributed by atoms with E-state index < -0.39 is 17.7 Å². The molecule has 0 saturated heterocycles. The van der Waals surface area contributed by atoms with Gasteiger partial charge in [-0.3, -0.25) is 4.68 Å². The van der Waals surface area contributed by atoms with Crippen LogP contribution in [0.25, 0.3) is 0 Å². The van der Waals surface area contributed by atoms with Crippen molar-refractivity contribution in [2.24, 2.45) is 0 Å². The molecule has 0 fully saturated rings. The first-order valence-corrected chi connectivity index (χ1v) is 6.68. The van der Waals surface area contributed by atoms with Gasteiger partial charge in [-0.1, -0.05) is 0 Å². The summed E-state index contributed by atoms with van der Waals surface area (Å²) in [6.07, 6.45) is 0.0821. The first-order valence-electron chi connectivity index (χ1n) is 6.68. The molecule has 1 unspecified atom stereocenters. The molecule has 0 radical (unpaired) electrons. The maximum absolute atomic E-state index is 11.8. The minimum absolute atomic E-state index is 0.602. The summed E-state index contributed by atoms with van der Waals surface area (Å²) in [6.45, 7) is 11.7. The van der Waals surface area contributed by atoms with E-state index in [2.05, 4.69) is 10.4 Å². The summed E-state index contributed by atoms with van der Waals surface area (Å²) in [5.74, 6) is 0. The fraction of sp³-hybridized carbons (Fsp3) is 0.643. The van der Waals surface area contributed by atoms with Gasteiger partial charge in [0.1, 0.15) is 17.9 Å². The van der Waals surface area contributed by atoms with Crippen LogP contribution in [0.15, 0.2) is 0 Å². The summed E-state index contributed by atoms with van der Waals surface area (Å²) in [6, 6.07) is -0.745. The minimum atomic E-state index is -0.745. The number of nitrogens with zero attached hydrogens (tertiary/aromatic N) is 2. The number of aromatic nitrogens is 2. The third kappa shape index (κ3) is 3.82. The number of nitrogens with one attached hydrogen (secondary N) is 1. The molecule has 1 atom stereocenters. The van der Waals surface area contributed by atoms with Gasteiger partial charge >= 0.3 is 6.09 Å². The van der Waals surface area contributed by atoms with E-state index in [1.165, 1.54) is 0 Å². The lowest BCUT2D eigenvalue weighted by Gasteiger charge is -2.21. The van der Waals surface area contributed by atoms with E-state index in [1.807, 2.05) is 20.8 Å². The Bertz CT molecular complexity index is 500. The summed E-state index contributed by atoms with van der Waals surface area (Å²) in [5, 5.41) is 6.92. The van der Waals surface area contributed by atoms with Gasteiger partial charge in [0, 0.05) is 17.8 Å². The molecule has 0 aliphatic carbocycles. The van der Waals surface area contributed by atoms with Crippen molar-refractivity contribution in [2.75, 3.05) is 0 Å². The van der Waals surface area contributed by atoms with Crippen LogP contribution >= 0.6 is 0 Å². The van der Waals surface area contributed by atoms with Crippen molar-refractivity contribution in [1.29, 1.82) is 0 Å². The van der Waals surface area contributed by atoms with E-state index in [0.29, 0.717) is 12.8 Å². The quantitative estimate of drug-likeness (QED) is 0.859. The Hall–Kier alpha value is -1.85. The standard InChI is InChI=1S/C14H23N3O3/c1-7-17-10(3)12(9(2)16-17)11(8-18)15-13(19)20-14(4,5)6/h8,11H,7H2,1-6H3,(H,15,19). The topological polar surface area (TPSA) is 73.2 Å². The van der Waals surface area contributed by atoms with Gasteiger partial charge in [0.2, 0.25) is 0 Å². The molecule has 20 heavy (non-hydrogen) atoms. The number of hydrogen-bond acceptors (Lipinski definition) is 4. The smallest absolute Gasteiger partial charge is 0.408 e. The van der Waals surface area contributed by atoms with Gasteiger partial charge in [-0.05, 0) is 41.5 Å². The van der Waals surface area contributed by atoms with E-state index >= 15 is 0 Å².